The van der Waals surface area contributed by atoms with E-state index in [-0.39, 0.29) is 11.9 Å². The lowest BCUT2D eigenvalue weighted by molar-refractivity contribution is -0.127. The van der Waals surface area contributed by atoms with E-state index in [1.54, 1.807) is 0 Å². The molecule has 2 rings (SSSR count). The lowest BCUT2D eigenvalue weighted by Gasteiger charge is -2.39. The number of hydrogen-bond acceptors (Lipinski definition) is 3. The monoisotopic (exact) mass is 253 g/mol. The summed E-state index contributed by atoms with van der Waals surface area (Å²) in [5.74, 6) is 0.256. The van der Waals surface area contributed by atoms with E-state index in [4.69, 9.17) is 0 Å². The molecule has 4 heteroatoms. The van der Waals surface area contributed by atoms with Gasteiger partial charge in [-0.1, -0.05) is 6.92 Å². The molecule has 0 aromatic rings. The molecule has 0 spiro atoms. The predicted octanol–water partition coefficient (Wildman–Crippen LogP) is 1.12. The Morgan fingerprint density at radius 3 is 2.83 bits per heavy atom. The van der Waals surface area contributed by atoms with Crippen molar-refractivity contribution in [2.24, 2.45) is 0 Å². The van der Waals surface area contributed by atoms with Gasteiger partial charge in [0.1, 0.15) is 0 Å². The third-order valence-corrected chi connectivity index (χ3v) is 4.13. The molecule has 2 atom stereocenters. The largest absolute Gasteiger partial charge is 0.355 e. The molecule has 2 N–H and O–H groups in total. The summed E-state index contributed by atoms with van der Waals surface area (Å²) in [6.07, 6.45) is 6.92. The molecule has 2 saturated heterocycles. The molecular weight excluding hydrogens is 226 g/mol. The zero-order valence-electron chi connectivity index (χ0n) is 11.6. The number of hydrogen-bond donors (Lipinski definition) is 2. The number of nitrogens with one attached hydrogen (secondary N) is 2. The Hall–Kier alpha value is -0.610. The summed E-state index contributed by atoms with van der Waals surface area (Å²) in [5.41, 5.74) is 0. The van der Waals surface area contributed by atoms with Gasteiger partial charge in [-0.2, -0.15) is 0 Å². The summed E-state index contributed by atoms with van der Waals surface area (Å²) in [4.78, 5) is 14.7. The molecule has 0 bridgehead atoms. The highest BCUT2D eigenvalue weighted by Crippen LogP contribution is 2.19. The minimum absolute atomic E-state index is 0.109. The highest BCUT2D eigenvalue weighted by atomic mass is 16.2. The Balaban J connectivity index is 2.03. The van der Waals surface area contributed by atoms with Gasteiger partial charge >= 0.3 is 0 Å². The molecule has 4 nitrogen and oxygen atoms in total. The first-order chi connectivity index (χ1) is 8.83. The molecule has 2 aliphatic rings. The van der Waals surface area contributed by atoms with Gasteiger partial charge in [0.05, 0.1) is 6.04 Å². The van der Waals surface area contributed by atoms with E-state index in [1.807, 2.05) is 0 Å². The van der Waals surface area contributed by atoms with Crippen LogP contribution < -0.4 is 10.6 Å². The SMILES string of the molecule is CCCN(C1CCCNC1)C1CCCCNC1=O. The second-order valence-corrected chi connectivity index (χ2v) is 5.54. The van der Waals surface area contributed by atoms with Crippen molar-refractivity contribution in [3.8, 4) is 0 Å². The van der Waals surface area contributed by atoms with Crippen LogP contribution in [0.15, 0.2) is 0 Å². The van der Waals surface area contributed by atoms with Crippen molar-refractivity contribution in [3.05, 3.63) is 0 Å². The summed E-state index contributed by atoms with van der Waals surface area (Å²) >= 11 is 0. The maximum absolute atomic E-state index is 12.2. The van der Waals surface area contributed by atoms with E-state index in [0.29, 0.717) is 6.04 Å². The molecule has 104 valence electrons. The van der Waals surface area contributed by atoms with Crippen LogP contribution in [0.3, 0.4) is 0 Å². The molecule has 18 heavy (non-hydrogen) atoms. The van der Waals surface area contributed by atoms with E-state index < -0.39 is 0 Å². The van der Waals surface area contributed by atoms with Gasteiger partial charge in [0.25, 0.3) is 0 Å². The fourth-order valence-electron chi connectivity index (χ4n) is 3.21. The third-order valence-electron chi connectivity index (χ3n) is 4.13. The Labute approximate surface area is 110 Å². The minimum Gasteiger partial charge on any atom is -0.355 e. The summed E-state index contributed by atoms with van der Waals surface area (Å²) in [5, 5.41) is 6.54. The maximum Gasteiger partial charge on any atom is 0.237 e. The summed E-state index contributed by atoms with van der Waals surface area (Å²) in [6.45, 7) is 6.29. The second-order valence-electron chi connectivity index (χ2n) is 5.54. The van der Waals surface area contributed by atoms with E-state index in [0.717, 1.165) is 45.4 Å². The zero-order chi connectivity index (χ0) is 12.8. The average molecular weight is 253 g/mol. The molecule has 0 aromatic carbocycles. The van der Waals surface area contributed by atoms with Gasteiger partial charge in [-0.3, -0.25) is 9.69 Å². The van der Waals surface area contributed by atoms with Crippen LogP contribution in [0.2, 0.25) is 0 Å². The lowest BCUT2D eigenvalue weighted by Crippen LogP contribution is -2.55. The Kier molecular flexibility index (Phi) is 5.45. The van der Waals surface area contributed by atoms with Crippen molar-refractivity contribution in [2.45, 2.75) is 57.5 Å². The molecular formula is C14H27N3O. The predicted molar refractivity (Wildman–Crippen MR) is 73.5 cm³/mol. The van der Waals surface area contributed by atoms with Crippen molar-refractivity contribution in [1.29, 1.82) is 0 Å². The number of carbonyl (C=O) groups is 1. The third kappa shape index (κ3) is 3.45. The first-order valence-corrected chi connectivity index (χ1v) is 7.57. The van der Waals surface area contributed by atoms with Gasteiger partial charge < -0.3 is 10.6 Å². The number of carbonyl (C=O) groups excluding carboxylic acids is 1. The van der Waals surface area contributed by atoms with Gasteiger partial charge in [-0.25, -0.2) is 0 Å². The average Bonchev–Trinajstić information content (AvgIpc) is 2.62. The maximum atomic E-state index is 12.2. The molecule has 0 radical (unpaired) electrons. The van der Waals surface area contributed by atoms with Gasteiger partial charge in [-0.05, 0) is 51.6 Å². The van der Waals surface area contributed by atoms with Crippen molar-refractivity contribution in [3.63, 3.8) is 0 Å². The van der Waals surface area contributed by atoms with Gasteiger partial charge in [0, 0.05) is 19.1 Å². The topological polar surface area (TPSA) is 44.4 Å². The van der Waals surface area contributed by atoms with E-state index >= 15 is 0 Å². The quantitative estimate of drug-likeness (QED) is 0.789. The van der Waals surface area contributed by atoms with Crippen LogP contribution in [-0.4, -0.2) is 49.1 Å². The number of rotatable bonds is 4. The minimum atomic E-state index is 0.109. The van der Waals surface area contributed by atoms with Gasteiger partial charge in [-0.15, -0.1) is 0 Å². The smallest absolute Gasteiger partial charge is 0.237 e. The van der Waals surface area contributed by atoms with Crippen molar-refractivity contribution < 1.29 is 4.79 Å². The zero-order valence-corrected chi connectivity index (χ0v) is 11.6. The molecule has 2 aliphatic heterocycles. The van der Waals surface area contributed by atoms with Crippen LogP contribution in [0.25, 0.3) is 0 Å². The van der Waals surface area contributed by atoms with Crippen molar-refractivity contribution in [2.75, 3.05) is 26.2 Å². The van der Waals surface area contributed by atoms with Crippen LogP contribution in [0.5, 0.6) is 0 Å². The van der Waals surface area contributed by atoms with Gasteiger partial charge in [0.15, 0.2) is 0 Å². The van der Waals surface area contributed by atoms with E-state index in [2.05, 4.69) is 22.5 Å². The number of nitrogens with zero attached hydrogens (tertiary/aromatic N) is 1. The van der Waals surface area contributed by atoms with Crippen LogP contribution in [-0.2, 0) is 4.79 Å². The van der Waals surface area contributed by atoms with E-state index in [1.165, 1.54) is 19.3 Å². The first kappa shape index (κ1) is 13.8. The number of amides is 1. The molecule has 0 saturated carbocycles. The molecule has 1 amide bonds. The molecule has 2 heterocycles. The van der Waals surface area contributed by atoms with Crippen LogP contribution in [0.4, 0.5) is 0 Å². The lowest BCUT2D eigenvalue weighted by atomic mass is 10.0. The van der Waals surface area contributed by atoms with Crippen LogP contribution in [0, 0.1) is 0 Å². The Bertz CT molecular complexity index is 264. The highest BCUT2D eigenvalue weighted by molar-refractivity contribution is 5.82. The first-order valence-electron chi connectivity index (χ1n) is 7.57. The molecule has 2 unspecified atom stereocenters. The fourth-order valence-corrected chi connectivity index (χ4v) is 3.21. The highest BCUT2D eigenvalue weighted by Gasteiger charge is 2.32. The summed E-state index contributed by atoms with van der Waals surface area (Å²) in [6, 6.07) is 0.657. The van der Waals surface area contributed by atoms with Gasteiger partial charge in [0.2, 0.25) is 5.91 Å². The molecule has 0 aliphatic carbocycles. The number of piperidine rings is 1. The van der Waals surface area contributed by atoms with E-state index in [9.17, 15) is 4.79 Å². The molecule has 2 fully saturated rings. The molecule has 0 aromatic heterocycles. The Morgan fingerprint density at radius 2 is 2.11 bits per heavy atom. The van der Waals surface area contributed by atoms with Crippen molar-refractivity contribution in [1.82, 2.24) is 15.5 Å². The van der Waals surface area contributed by atoms with Crippen LogP contribution >= 0.6 is 0 Å². The summed E-state index contributed by atoms with van der Waals surface area (Å²) < 4.78 is 0. The second kappa shape index (κ2) is 7.10. The van der Waals surface area contributed by atoms with Crippen molar-refractivity contribution >= 4 is 5.91 Å². The summed E-state index contributed by atoms with van der Waals surface area (Å²) in [7, 11) is 0. The fraction of sp³-hybridized carbons (Fsp3) is 0.929. The van der Waals surface area contributed by atoms with Crippen LogP contribution in [0.1, 0.15) is 45.4 Å². The normalized spacial score (nSPS) is 30.0. The Morgan fingerprint density at radius 1 is 1.22 bits per heavy atom. The standard InChI is InChI=1S/C14H27N3O/c1-2-10-17(12-6-5-8-15-11-12)13-7-3-4-9-16-14(13)18/h12-13,15H,2-11H2,1H3,(H,16,18).